The first-order valence-corrected chi connectivity index (χ1v) is 10.3. The monoisotopic (exact) mass is 386 g/mol. The Morgan fingerprint density at radius 2 is 1.93 bits per heavy atom. The van der Waals surface area contributed by atoms with Gasteiger partial charge in [0.15, 0.2) is 0 Å². The molecule has 1 fully saturated rings. The molecular weight excluding hydrogens is 360 g/mol. The highest BCUT2D eigenvalue weighted by Crippen LogP contribution is 2.48. The summed E-state index contributed by atoms with van der Waals surface area (Å²) in [5.41, 5.74) is 5.51. The van der Waals surface area contributed by atoms with E-state index in [1.807, 2.05) is 0 Å². The van der Waals surface area contributed by atoms with Crippen molar-refractivity contribution in [1.29, 1.82) is 0 Å². The van der Waals surface area contributed by atoms with Crippen molar-refractivity contribution in [3.8, 4) is 0 Å². The zero-order chi connectivity index (χ0) is 19.0. The van der Waals surface area contributed by atoms with Crippen LogP contribution in [0.2, 0.25) is 5.02 Å². The molecule has 4 rings (SSSR count). The predicted octanol–water partition coefficient (Wildman–Crippen LogP) is 4.17. The van der Waals surface area contributed by atoms with E-state index in [2.05, 4.69) is 43.3 Å². The van der Waals surface area contributed by atoms with E-state index in [1.165, 1.54) is 16.7 Å². The molecule has 1 saturated heterocycles. The first kappa shape index (κ1) is 18.9. The average molecular weight is 387 g/mol. The van der Waals surface area contributed by atoms with Gasteiger partial charge >= 0.3 is 0 Å². The van der Waals surface area contributed by atoms with E-state index >= 15 is 0 Å². The minimum absolute atomic E-state index is 0.0572. The van der Waals surface area contributed by atoms with E-state index in [9.17, 15) is 10.2 Å². The number of aryl methyl sites for hydroxylation is 2. The highest BCUT2D eigenvalue weighted by Gasteiger charge is 2.46. The fourth-order valence-electron chi connectivity index (χ4n) is 4.64. The number of halogens is 1. The molecule has 27 heavy (non-hydrogen) atoms. The molecule has 2 N–H and O–H groups in total. The molecule has 0 radical (unpaired) electrons. The normalized spacial score (nSPS) is 27.1. The van der Waals surface area contributed by atoms with Gasteiger partial charge in [-0.15, -0.1) is 0 Å². The van der Waals surface area contributed by atoms with Gasteiger partial charge in [0.05, 0.1) is 24.4 Å². The van der Waals surface area contributed by atoms with Gasteiger partial charge in [0.2, 0.25) is 0 Å². The summed E-state index contributed by atoms with van der Waals surface area (Å²) in [5.74, 6) is 0. The summed E-state index contributed by atoms with van der Waals surface area (Å²) in [6.45, 7) is 2.10. The van der Waals surface area contributed by atoms with Crippen molar-refractivity contribution in [1.82, 2.24) is 0 Å². The second-order valence-electron chi connectivity index (χ2n) is 7.96. The molecule has 3 nitrogen and oxygen atoms in total. The molecule has 2 aliphatic rings. The number of hydrogen-bond donors (Lipinski definition) is 2. The Morgan fingerprint density at radius 1 is 1.19 bits per heavy atom. The Labute approximate surface area is 165 Å². The Balaban J connectivity index is 1.66. The summed E-state index contributed by atoms with van der Waals surface area (Å²) in [6.07, 6.45) is 3.88. The smallest absolute Gasteiger partial charge is 0.0966 e. The van der Waals surface area contributed by atoms with Crippen LogP contribution in [0.3, 0.4) is 0 Å². The van der Waals surface area contributed by atoms with Crippen LogP contribution in [0.15, 0.2) is 36.4 Å². The molecule has 2 aromatic rings. The molecule has 0 saturated carbocycles. The van der Waals surface area contributed by atoms with E-state index in [4.69, 9.17) is 16.3 Å². The van der Waals surface area contributed by atoms with Crippen molar-refractivity contribution in [2.75, 3.05) is 6.61 Å². The summed E-state index contributed by atoms with van der Waals surface area (Å²) in [4.78, 5) is 0. The van der Waals surface area contributed by atoms with E-state index in [-0.39, 0.29) is 12.7 Å². The molecule has 4 heteroatoms. The second-order valence-corrected chi connectivity index (χ2v) is 8.37. The van der Waals surface area contributed by atoms with Gasteiger partial charge in [0.1, 0.15) is 0 Å². The Bertz CT molecular complexity index is 817. The topological polar surface area (TPSA) is 49.7 Å². The fourth-order valence-corrected chi connectivity index (χ4v) is 4.89. The molecule has 1 spiro atoms. The van der Waals surface area contributed by atoms with Crippen LogP contribution in [0, 0.1) is 0 Å². The van der Waals surface area contributed by atoms with Crippen molar-refractivity contribution >= 4 is 11.6 Å². The SMILES string of the molecule is CCc1ccc(Cc2cc3c(cc2Cl)CC[C@@]32CC(O)CC(CO)O2)cc1. The second kappa shape index (κ2) is 7.56. The molecular formula is C23H27ClO3. The van der Waals surface area contributed by atoms with E-state index < -0.39 is 11.7 Å². The molecule has 0 bridgehead atoms. The molecule has 144 valence electrons. The summed E-state index contributed by atoms with van der Waals surface area (Å²) >= 11 is 6.60. The van der Waals surface area contributed by atoms with Crippen molar-refractivity contribution in [3.05, 3.63) is 69.2 Å². The molecule has 2 aromatic carbocycles. The fraction of sp³-hybridized carbons (Fsp3) is 0.478. The lowest BCUT2D eigenvalue weighted by molar-refractivity contribution is -0.177. The molecule has 3 atom stereocenters. The van der Waals surface area contributed by atoms with Gasteiger partial charge in [0, 0.05) is 17.9 Å². The van der Waals surface area contributed by atoms with Gasteiger partial charge in [0.25, 0.3) is 0 Å². The molecule has 1 heterocycles. The average Bonchev–Trinajstić information content (AvgIpc) is 2.98. The molecule has 1 aliphatic carbocycles. The maximum atomic E-state index is 10.4. The lowest BCUT2D eigenvalue weighted by Gasteiger charge is -2.41. The van der Waals surface area contributed by atoms with Crippen molar-refractivity contribution < 1.29 is 14.9 Å². The minimum atomic E-state index is -0.494. The van der Waals surface area contributed by atoms with Gasteiger partial charge in [-0.2, -0.15) is 0 Å². The van der Waals surface area contributed by atoms with Crippen LogP contribution in [0.1, 0.15) is 54.0 Å². The van der Waals surface area contributed by atoms with Crippen LogP contribution < -0.4 is 0 Å². The zero-order valence-corrected chi connectivity index (χ0v) is 16.5. The van der Waals surface area contributed by atoms with Crippen molar-refractivity contribution in [2.24, 2.45) is 0 Å². The third-order valence-corrected chi connectivity index (χ3v) is 6.44. The number of ether oxygens (including phenoxy) is 1. The van der Waals surface area contributed by atoms with Gasteiger partial charge in [-0.05, 0) is 59.6 Å². The van der Waals surface area contributed by atoms with E-state index in [0.717, 1.165) is 41.8 Å². The van der Waals surface area contributed by atoms with Gasteiger partial charge in [-0.1, -0.05) is 48.9 Å². The van der Waals surface area contributed by atoms with Crippen LogP contribution >= 0.6 is 11.6 Å². The van der Waals surface area contributed by atoms with Crippen LogP contribution in [0.25, 0.3) is 0 Å². The maximum Gasteiger partial charge on any atom is 0.0966 e. The minimum Gasteiger partial charge on any atom is -0.394 e. The van der Waals surface area contributed by atoms with Crippen LogP contribution in [0.4, 0.5) is 0 Å². The number of fused-ring (bicyclic) bond motifs is 2. The van der Waals surface area contributed by atoms with E-state index in [0.29, 0.717) is 12.8 Å². The highest BCUT2D eigenvalue weighted by atomic mass is 35.5. The van der Waals surface area contributed by atoms with Crippen molar-refractivity contribution in [2.45, 2.75) is 63.3 Å². The molecule has 0 aromatic heterocycles. The standard InChI is InChI=1S/C23H27ClO3/c1-2-15-3-5-16(6-4-15)9-18-10-21-17(11-22(18)24)7-8-23(21)13-19(26)12-20(14-25)27-23/h3-6,10-11,19-20,25-26H,2,7-9,12-14H2,1H3/t19?,20?,23-/m1/s1. The van der Waals surface area contributed by atoms with Crippen LogP contribution in [-0.4, -0.2) is 29.0 Å². The Morgan fingerprint density at radius 3 is 2.63 bits per heavy atom. The number of hydrogen-bond acceptors (Lipinski definition) is 3. The third kappa shape index (κ3) is 3.66. The summed E-state index contributed by atoms with van der Waals surface area (Å²) in [5, 5.41) is 20.7. The Kier molecular flexibility index (Phi) is 5.30. The first-order valence-electron chi connectivity index (χ1n) is 9.89. The largest absolute Gasteiger partial charge is 0.394 e. The Hall–Kier alpha value is -1.39. The van der Waals surface area contributed by atoms with Crippen molar-refractivity contribution in [3.63, 3.8) is 0 Å². The van der Waals surface area contributed by atoms with E-state index in [1.54, 1.807) is 0 Å². The summed E-state index contributed by atoms with van der Waals surface area (Å²) in [7, 11) is 0. The number of aliphatic hydroxyl groups is 2. The quantitative estimate of drug-likeness (QED) is 0.829. The first-order chi connectivity index (χ1) is 13.0. The lowest BCUT2D eigenvalue weighted by atomic mass is 9.84. The molecule has 1 aliphatic heterocycles. The number of aliphatic hydroxyl groups excluding tert-OH is 2. The van der Waals surface area contributed by atoms with Crippen LogP contribution in [-0.2, 0) is 29.6 Å². The number of rotatable bonds is 4. The van der Waals surface area contributed by atoms with Gasteiger partial charge < -0.3 is 14.9 Å². The summed E-state index contributed by atoms with van der Waals surface area (Å²) < 4.78 is 6.30. The third-order valence-electron chi connectivity index (χ3n) is 6.08. The molecule has 2 unspecified atom stereocenters. The maximum absolute atomic E-state index is 10.4. The predicted molar refractivity (Wildman–Crippen MR) is 107 cm³/mol. The zero-order valence-electron chi connectivity index (χ0n) is 15.7. The van der Waals surface area contributed by atoms with Gasteiger partial charge in [-0.3, -0.25) is 0 Å². The van der Waals surface area contributed by atoms with Gasteiger partial charge in [-0.25, -0.2) is 0 Å². The highest BCUT2D eigenvalue weighted by molar-refractivity contribution is 6.31. The lowest BCUT2D eigenvalue weighted by Crippen LogP contribution is -2.44. The van der Waals surface area contributed by atoms with Crippen LogP contribution in [0.5, 0.6) is 0 Å². The molecule has 0 amide bonds. The number of benzene rings is 2. The summed E-state index contributed by atoms with van der Waals surface area (Å²) in [6, 6.07) is 12.9.